The van der Waals surface area contributed by atoms with Gasteiger partial charge in [0.05, 0.1) is 23.6 Å². The molecule has 0 unspecified atom stereocenters. The Labute approximate surface area is 233 Å². The van der Waals surface area contributed by atoms with Crippen molar-refractivity contribution in [2.75, 3.05) is 18.4 Å². The Balaban J connectivity index is 1.21. The van der Waals surface area contributed by atoms with Gasteiger partial charge in [-0.25, -0.2) is 14.4 Å². The number of anilines is 2. The molecule has 0 spiro atoms. The first kappa shape index (κ1) is 25.5. The summed E-state index contributed by atoms with van der Waals surface area (Å²) in [7, 11) is 0. The number of aryl methyl sites for hydroxylation is 1. The molecular formula is C33H31FN6. The molecule has 0 bridgehead atoms. The zero-order valence-corrected chi connectivity index (χ0v) is 22.5. The lowest BCUT2D eigenvalue weighted by Crippen LogP contribution is -2.28. The SMILES string of the molecule is C=C(Cn1nc(-c2ccc(F)c(C)c2)cc1-c1ccccc1)N1CCc2cnc(Nc3ccccc3)nc2CC1. The molecule has 6 nitrogen and oxygen atoms in total. The van der Waals surface area contributed by atoms with Crippen LogP contribution in [0.5, 0.6) is 0 Å². The minimum Gasteiger partial charge on any atom is -0.373 e. The molecule has 1 N–H and O–H groups in total. The van der Waals surface area contributed by atoms with E-state index in [-0.39, 0.29) is 5.82 Å². The maximum Gasteiger partial charge on any atom is 0.227 e. The van der Waals surface area contributed by atoms with E-state index in [4.69, 9.17) is 10.1 Å². The average molecular weight is 531 g/mol. The van der Waals surface area contributed by atoms with Crippen molar-refractivity contribution in [1.82, 2.24) is 24.6 Å². The summed E-state index contributed by atoms with van der Waals surface area (Å²) in [5.41, 5.74) is 8.58. The second kappa shape index (κ2) is 11.1. The molecule has 5 aromatic rings. The van der Waals surface area contributed by atoms with Crippen molar-refractivity contribution in [2.45, 2.75) is 26.3 Å². The maximum absolute atomic E-state index is 13.9. The zero-order chi connectivity index (χ0) is 27.5. The standard InChI is InChI=1S/C33H31FN6/c1-23-19-26(13-14-29(23)34)31-20-32(25-9-5-3-6-10-25)40(38-31)22-24(2)39-17-15-27-21-35-33(37-30(27)16-18-39)36-28-11-7-4-8-12-28/h3-14,19-21H,2,15-18,22H2,1H3,(H,35,36,37). The van der Waals surface area contributed by atoms with Crippen LogP contribution in [0.15, 0.2) is 103 Å². The number of halogens is 1. The van der Waals surface area contributed by atoms with Crippen molar-refractivity contribution in [3.05, 3.63) is 126 Å². The molecule has 7 heteroatoms. The zero-order valence-electron chi connectivity index (χ0n) is 22.5. The minimum atomic E-state index is -0.213. The Morgan fingerprint density at radius 1 is 0.925 bits per heavy atom. The maximum atomic E-state index is 13.9. The third kappa shape index (κ3) is 5.50. The highest BCUT2D eigenvalue weighted by Crippen LogP contribution is 2.29. The van der Waals surface area contributed by atoms with Crippen LogP contribution in [0.2, 0.25) is 0 Å². The van der Waals surface area contributed by atoms with Crippen LogP contribution in [0.25, 0.3) is 22.5 Å². The summed E-state index contributed by atoms with van der Waals surface area (Å²) in [6.45, 7) is 8.44. The van der Waals surface area contributed by atoms with Gasteiger partial charge in [0.1, 0.15) is 5.82 Å². The summed E-state index contributed by atoms with van der Waals surface area (Å²) in [4.78, 5) is 11.7. The summed E-state index contributed by atoms with van der Waals surface area (Å²) in [6, 6.07) is 27.4. The van der Waals surface area contributed by atoms with Crippen LogP contribution in [-0.2, 0) is 19.4 Å². The van der Waals surface area contributed by atoms with Gasteiger partial charge in [-0.3, -0.25) is 4.68 Å². The molecule has 0 atom stereocenters. The predicted octanol–water partition coefficient (Wildman–Crippen LogP) is 6.81. The number of benzene rings is 3. The lowest BCUT2D eigenvalue weighted by atomic mass is 10.1. The predicted molar refractivity (Wildman–Crippen MR) is 158 cm³/mol. The lowest BCUT2D eigenvalue weighted by molar-refractivity contribution is 0.339. The summed E-state index contributed by atoms with van der Waals surface area (Å²) in [5.74, 6) is 0.402. The summed E-state index contributed by atoms with van der Waals surface area (Å²) in [6.07, 6.45) is 3.60. The summed E-state index contributed by atoms with van der Waals surface area (Å²) >= 11 is 0. The van der Waals surface area contributed by atoms with Gasteiger partial charge in [-0.1, -0.05) is 55.1 Å². The highest BCUT2D eigenvalue weighted by Gasteiger charge is 2.20. The van der Waals surface area contributed by atoms with Gasteiger partial charge < -0.3 is 10.2 Å². The van der Waals surface area contributed by atoms with Crippen LogP contribution in [0.1, 0.15) is 16.8 Å². The normalized spacial score (nSPS) is 13.0. The number of aromatic nitrogens is 4. The van der Waals surface area contributed by atoms with Crippen LogP contribution in [0.3, 0.4) is 0 Å². The van der Waals surface area contributed by atoms with Gasteiger partial charge in [-0.05, 0) is 66.4 Å². The van der Waals surface area contributed by atoms with Gasteiger partial charge in [0.2, 0.25) is 5.95 Å². The molecule has 1 aliphatic rings. The quantitative estimate of drug-likeness (QED) is 0.250. The van der Waals surface area contributed by atoms with Crippen molar-refractivity contribution in [2.24, 2.45) is 0 Å². The lowest BCUT2D eigenvalue weighted by Gasteiger charge is -2.25. The van der Waals surface area contributed by atoms with E-state index in [2.05, 4.69) is 40.0 Å². The van der Waals surface area contributed by atoms with E-state index in [1.54, 1.807) is 13.0 Å². The molecule has 0 radical (unpaired) electrons. The topological polar surface area (TPSA) is 58.9 Å². The Morgan fingerprint density at radius 3 is 2.45 bits per heavy atom. The fraction of sp³-hybridized carbons (Fsp3) is 0.182. The van der Waals surface area contributed by atoms with E-state index in [0.29, 0.717) is 18.1 Å². The van der Waals surface area contributed by atoms with Crippen LogP contribution in [-0.4, -0.2) is 37.7 Å². The second-order valence-electron chi connectivity index (χ2n) is 10.1. The molecule has 6 rings (SSSR count). The molecule has 3 heterocycles. The number of hydrogen-bond donors (Lipinski definition) is 1. The van der Waals surface area contributed by atoms with Gasteiger partial charge in [0, 0.05) is 42.7 Å². The number of nitrogens with one attached hydrogen (secondary N) is 1. The molecule has 0 fully saturated rings. The fourth-order valence-electron chi connectivity index (χ4n) is 5.10. The number of allylic oxidation sites excluding steroid dienone is 1. The van der Waals surface area contributed by atoms with Crippen molar-refractivity contribution in [3.63, 3.8) is 0 Å². The van der Waals surface area contributed by atoms with Gasteiger partial charge in [-0.2, -0.15) is 5.10 Å². The van der Waals surface area contributed by atoms with Crippen LogP contribution in [0, 0.1) is 12.7 Å². The molecule has 0 saturated carbocycles. The number of para-hydroxylation sites is 1. The van der Waals surface area contributed by atoms with Crippen LogP contribution in [0.4, 0.5) is 16.0 Å². The average Bonchev–Trinajstić information content (AvgIpc) is 3.27. The monoisotopic (exact) mass is 530 g/mol. The van der Waals surface area contributed by atoms with Crippen LogP contribution >= 0.6 is 0 Å². The summed E-state index contributed by atoms with van der Waals surface area (Å²) < 4.78 is 15.9. The molecule has 40 heavy (non-hydrogen) atoms. The van der Waals surface area contributed by atoms with Crippen molar-refractivity contribution in [1.29, 1.82) is 0 Å². The van der Waals surface area contributed by atoms with Crippen molar-refractivity contribution in [3.8, 4) is 22.5 Å². The Bertz CT molecular complexity index is 1640. The van der Waals surface area contributed by atoms with Gasteiger partial charge >= 0.3 is 0 Å². The first-order valence-corrected chi connectivity index (χ1v) is 13.5. The second-order valence-corrected chi connectivity index (χ2v) is 10.1. The smallest absolute Gasteiger partial charge is 0.227 e. The van der Waals surface area contributed by atoms with E-state index in [1.807, 2.05) is 65.5 Å². The molecule has 200 valence electrons. The van der Waals surface area contributed by atoms with Gasteiger partial charge in [0.25, 0.3) is 0 Å². The van der Waals surface area contributed by atoms with Crippen molar-refractivity contribution >= 4 is 11.6 Å². The van der Waals surface area contributed by atoms with E-state index in [9.17, 15) is 4.39 Å². The third-order valence-electron chi connectivity index (χ3n) is 7.34. The van der Waals surface area contributed by atoms with E-state index >= 15 is 0 Å². The highest BCUT2D eigenvalue weighted by atomic mass is 19.1. The molecule has 0 amide bonds. The Kier molecular flexibility index (Phi) is 7.10. The summed E-state index contributed by atoms with van der Waals surface area (Å²) in [5, 5.41) is 8.25. The van der Waals surface area contributed by atoms with E-state index in [0.717, 1.165) is 65.5 Å². The molecule has 0 aliphatic carbocycles. The number of nitrogens with zero attached hydrogens (tertiary/aromatic N) is 5. The molecular weight excluding hydrogens is 499 g/mol. The number of fused-ring (bicyclic) bond motifs is 1. The highest BCUT2D eigenvalue weighted by molar-refractivity contribution is 5.69. The van der Waals surface area contributed by atoms with E-state index in [1.165, 1.54) is 11.6 Å². The molecule has 3 aromatic carbocycles. The van der Waals surface area contributed by atoms with Gasteiger partial charge in [0.15, 0.2) is 0 Å². The Morgan fingerprint density at radius 2 is 1.68 bits per heavy atom. The fourth-order valence-corrected chi connectivity index (χ4v) is 5.10. The molecule has 1 aliphatic heterocycles. The Hall–Kier alpha value is -4.78. The van der Waals surface area contributed by atoms with E-state index < -0.39 is 0 Å². The molecule has 2 aromatic heterocycles. The van der Waals surface area contributed by atoms with Crippen LogP contribution < -0.4 is 5.32 Å². The minimum absolute atomic E-state index is 0.213. The van der Waals surface area contributed by atoms with Gasteiger partial charge in [-0.15, -0.1) is 0 Å². The van der Waals surface area contributed by atoms with Crippen molar-refractivity contribution < 1.29 is 4.39 Å². The first-order valence-electron chi connectivity index (χ1n) is 13.5. The number of rotatable bonds is 7. The third-order valence-corrected chi connectivity index (χ3v) is 7.34. The number of hydrogen-bond acceptors (Lipinski definition) is 5. The first-order chi connectivity index (χ1) is 19.5. The largest absolute Gasteiger partial charge is 0.373 e. The molecule has 0 saturated heterocycles.